The van der Waals surface area contributed by atoms with Gasteiger partial charge in [0.15, 0.2) is 0 Å². The van der Waals surface area contributed by atoms with Crippen molar-refractivity contribution in [3.8, 4) is 0 Å². The van der Waals surface area contributed by atoms with E-state index in [-0.39, 0.29) is 11.3 Å². The number of primary amides is 1. The van der Waals surface area contributed by atoms with Crippen LogP contribution in [0.25, 0.3) is 0 Å². The van der Waals surface area contributed by atoms with Gasteiger partial charge in [-0.2, -0.15) is 0 Å². The van der Waals surface area contributed by atoms with Gasteiger partial charge in [-0.3, -0.25) is 14.9 Å². The number of carbonyl (C=O) groups is 1. The number of hydrogen-bond acceptors (Lipinski definition) is 5. The number of hydrogen-bond donors (Lipinski definition) is 2. The number of ether oxygens (including phenoxy) is 1. The summed E-state index contributed by atoms with van der Waals surface area (Å²) in [5, 5.41) is 14.2. The van der Waals surface area contributed by atoms with E-state index in [2.05, 4.69) is 5.32 Å². The molecule has 24 heavy (non-hydrogen) atoms. The Morgan fingerprint density at radius 3 is 2.46 bits per heavy atom. The lowest BCUT2D eigenvalue weighted by Crippen LogP contribution is -2.12. The molecule has 7 nitrogen and oxygen atoms in total. The summed E-state index contributed by atoms with van der Waals surface area (Å²) < 4.78 is 5.33. The van der Waals surface area contributed by atoms with E-state index in [0.29, 0.717) is 25.4 Å². The van der Waals surface area contributed by atoms with Crippen LogP contribution < -0.4 is 11.1 Å². The standard InChI is InChI=1S/C17H19N3O4/c1-2-24-11-13-5-3-12(4-6-13)10-19-15-8-7-14(17(18)21)9-16(15)20(22)23/h3-9,19H,2,10-11H2,1H3,(H2,18,21). The van der Waals surface area contributed by atoms with Crippen LogP contribution in [0.5, 0.6) is 0 Å². The molecular weight excluding hydrogens is 310 g/mol. The minimum atomic E-state index is -0.700. The molecule has 0 aliphatic rings. The zero-order valence-electron chi connectivity index (χ0n) is 13.3. The van der Waals surface area contributed by atoms with Gasteiger partial charge in [0, 0.05) is 24.8 Å². The molecule has 0 fully saturated rings. The number of carbonyl (C=O) groups excluding carboxylic acids is 1. The minimum absolute atomic E-state index is 0.104. The topological polar surface area (TPSA) is 107 Å². The van der Waals surface area contributed by atoms with E-state index in [1.807, 2.05) is 31.2 Å². The Morgan fingerprint density at radius 2 is 1.88 bits per heavy atom. The Balaban J connectivity index is 2.08. The molecule has 1 amide bonds. The molecule has 0 aromatic heterocycles. The second-order valence-corrected chi connectivity index (χ2v) is 5.16. The molecule has 0 unspecified atom stereocenters. The summed E-state index contributed by atoms with van der Waals surface area (Å²) in [6.45, 7) is 3.58. The molecule has 2 aromatic carbocycles. The highest BCUT2D eigenvalue weighted by Crippen LogP contribution is 2.26. The summed E-state index contributed by atoms with van der Waals surface area (Å²) in [6.07, 6.45) is 0. The van der Waals surface area contributed by atoms with Crippen LogP contribution in [0.1, 0.15) is 28.4 Å². The van der Waals surface area contributed by atoms with Crippen molar-refractivity contribution < 1.29 is 14.5 Å². The Kier molecular flexibility index (Phi) is 5.86. The molecule has 0 bridgehead atoms. The average Bonchev–Trinajstić information content (AvgIpc) is 2.58. The summed E-state index contributed by atoms with van der Waals surface area (Å²) in [7, 11) is 0. The van der Waals surface area contributed by atoms with Crippen LogP contribution >= 0.6 is 0 Å². The first-order valence-corrected chi connectivity index (χ1v) is 7.49. The molecule has 0 aliphatic heterocycles. The molecular formula is C17H19N3O4. The maximum Gasteiger partial charge on any atom is 0.293 e. The predicted molar refractivity (Wildman–Crippen MR) is 90.7 cm³/mol. The number of benzene rings is 2. The molecule has 2 aromatic rings. The van der Waals surface area contributed by atoms with Gasteiger partial charge in [0.05, 0.1) is 11.5 Å². The molecule has 0 radical (unpaired) electrons. The van der Waals surface area contributed by atoms with Crippen molar-refractivity contribution in [1.29, 1.82) is 0 Å². The number of anilines is 1. The molecule has 0 aliphatic carbocycles. The van der Waals surface area contributed by atoms with Crippen LogP contribution in [0.15, 0.2) is 42.5 Å². The highest BCUT2D eigenvalue weighted by molar-refractivity contribution is 5.94. The van der Waals surface area contributed by atoms with Gasteiger partial charge < -0.3 is 15.8 Å². The van der Waals surface area contributed by atoms with Crippen molar-refractivity contribution in [3.05, 3.63) is 69.3 Å². The molecule has 0 saturated heterocycles. The highest BCUT2D eigenvalue weighted by Gasteiger charge is 2.16. The second-order valence-electron chi connectivity index (χ2n) is 5.16. The van der Waals surface area contributed by atoms with E-state index in [1.54, 1.807) is 0 Å². The van der Waals surface area contributed by atoms with Gasteiger partial charge in [-0.25, -0.2) is 0 Å². The number of nitrogens with one attached hydrogen (secondary N) is 1. The SMILES string of the molecule is CCOCc1ccc(CNc2ccc(C(N)=O)cc2[N+](=O)[O-])cc1. The lowest BCUT2D eigenvalue weighted by atomic mass is 10.1. The number of rotatable bonds is 8. The molecule has 0 atom stereocenters. The molecule has 2 rings (SSSR count). The van der Waals surface area contributed by atoms with E-state index < -0.39 is 10.8 Å². The van der Waals surface area contributed by atoms with Crippen molar-refractivity contribution in [2.24, 2.45) is 5.73 Å². The lowest BCUT2D eigenvalue weighted by Gasteiger charge is -2.09. The fourth-order valence-electron chi connectivity index (χ4n) is 2.16. The van der Waals surface area contributed by atoms with E-state index in [1.165, 1.54) is 18.2 Å². The third-order valence-corrected chi connectivity index (χ3v) is 3.46. The van der Waals surface area contributed by atoms with Gasteiger partial charge in [0.2, 0.25) is 5.91 Å². The third kappa shape index (κ3) is 4.53. The van der Waals surface area contributed by atoms with E-state index in [0.717, 1.165) is 11.1 Å². The summed E-state index contributed by atoms with van der Waals surface area (Å²) in [5.41, 5.74) is 7.46. The van der Waals surface area contributed by atoms with Gasteiger partial charge in [-0.1, -0.05) is 24.3 Å². The van der Waals surface area contributed by atoms with Gasteiger partial charge >= 0.3 is 0 Å². The van der Waals surface area contributed by atoms with E-state index in [9.17, 15) is 14.9 Å². The molecule has 126 valence electrons. The zero-order valence-corrected chi connectivity index (χ0v) is 13.3. The van der Waals surface area contributed by atoms with Crippen molar-refractivity contribution in [2.45, 2.75) is 20.1 Å². The fraction of sp³-hybridized carbons (Fsp3) is 0.235. The quantitative estimate of drug-likeness (QED) is 0.572. The number of nitro benzene ring substituents is 1. The number of nitrogens with zero attached hydrogens (tertiary/aromatic N) is 1. The van der Waals surface area contributed by atoms with Gasteiger partial charge in [-0.05, 0) is 30.2 Å². The molecule has 3 N–H and O–H groups in total. The molecule has 0 spiro atoms. The Labute approximate surface area is 139 Å². The Bertz CT molecular complexity index is 729. The maximum absolute atomic E-state index is 11.2. The number of amides is 1. The smallest absolute Gasteiger partial charge is 0.293 e. The van der Waals surface area contributed by atoms with Gasteiger partial charge in [0.1, 0.15) is 5.69 Å². The minimum Gasteiger partial charge on any atom is -0.377 e. The first-order valence-electron chi connectivity index (χ1n) is 7.49. The van der Waals surface area contributed by atoms with Crippen LogP contribution in [0.4, 0.5) is 11.4 Å². The monoisotopic (exact) mass is 329 g/mol. The van der Waals surface area contributed by atoms with E-state index in [4.69, 9.17) is 10.5 Å². The van der Waals surface area contributed by atoms with Crippen molar-refractivity contribution in [1.82, 2.24) is 0 Å². The van der Waals surface area contributed by atoms with Crippen molar-refractivity contribution in [2.75, 3.05) is 11.9 Å². The third-order valence-electron chi connectivity index (χ3n) is 3.46. The van der Waals surface area contributed by atoms with Crippen LogP contribution in [-0.4, -0.2) is 17.4 Å². The Hall–Kier alpha value is -2.93. The highest BCUT2D eigenvalue weighted by atomic mass is 16.6. The largest absolute Gasteiger partial charge is 0.377 e. The molecule has 0 heterocycles. The lowest BCUT2D eigenvalue weighted by molar-refractivity contribution is -0.384. The van der Waals surface area contributed by atoms with E-state index >= 15 is 0 Å². The maximum atomic E-state index is 11.2. The molecule has 0 saturated carbocycles. The first-order chi connectivity index (χ1) is 11.5. The normalized spacial score (nSPS) is 10.4. The average molecular weight is 329 g/mol. The van der Waals surface area contributed by atoms with Crippen LogP contribution in [-0.2, 0) is 17.9 Å². The fourth-order valence-corrected chi connectivity index (χ4v) is 2.16. The summed E-state index contributed by atoms with van der Waals surface area (Å²) >= 11 is 0. The number of nitrogens with two attached hydrogens (primary N) is 1. The molecule has 7 heteroatoms. The summed E-state index contributed by atoms with van der Waals surface area (Å²) in [6, 6.07) is 11.9. The van der Waals surface area contributed by atoms with Gasteiger partial charge in [0.25, 0.3) is 5.69 Å². The zero-order chi connectivity index (χ0) is 17.5. The predicted octanol–water partition coefficient (Wildman–Crippen LogP) is 2.84. The summed E-state index contributed by atoms with van der Waals surface area (Å²) in [5.74, 6) is -0.700. The summed E-state index contributed by atoms with van der Waals surface area (Å²) in [4.78, 5) is 21.8. The first kappa shape index (κ1) is 17.4. The van der Waals surface area contributed by atoms with Crippen LogP contribution in [0.2, 0.25) is 0 Å². The van der Waals surface area contributed by atoms with Crippen molar-refractivity contribution in [3.63, 3.8) is 0 Å². The van der Waals surface area contributed by atoms with Crippen molar-refractivity contribution >= 4 is 17.3 Å². The van der Waals surface area contributed by atoms with Gasteiger partial charge in [-0.15, -0.1) is 0 Å². The Morgan fingerprint density at radius 1 is 1.21 bits per heavy atom. The number of nitro groups is 1. The van der Waals surface area contributed by atoms with Crippen LogP contribution in [0.3, 0.4) is 0 Å². The second kappa shape index (κ2) is 8.07. The van der Waals surface area contributed by atoms with Crippen LogP contribution in [0, 0.1) is 10.1 Å².